The number of aromatic nitrogens is 2. The summed E-state index contributed by atoms with van der Waals surface area (Å²) in [6, 6.07) is 1.41. The van der Waals surface area contributed by atoms with Gasteiger partial charge in [-0.15, -0.1) is 0 Å². The molecule has 1 aliphatic rings. The van der Waals surface area contributed by atoms with Crippen LogP contribution in [0.5, 0.6) is 0 Å². The smallest absolute Gasteiger partial charge is 0.269 e. The van der Waals surface area contributed by atoms with E-state index in [0.717, 1.165) is 19.3 Å². The average molecular weight is 293 g/mol. The SMILES string of the molecule is CC(=O)NCC(=O)N1CCCCC1c1cc(C(N)=O)n[nH]1. The van der Waals surface area contributed by atoms with Crippen molar-refractivity contribution in [2.45, 2.75) is 32.2 Å². The Bertz CT molecular complexity index is 554. The minimum atomic E-state index is -0.607. The van der Waals surface area contributed by atoms with Crippen molar-refractivity contribution in [3.05, 3.63) is 17.5 Å². The van der Waals surface area contributed by atoms with Gasteiger partial charge in [-0.3, -0.25) is 19.5 Å². The van der Waals surface area contributed by atoms with E-state index in [1.807, 2.05) is 0 Å². The van der Waals surface area contributed by atoms with Crippen LogP contribution in [-0.4, -0.2) is 45.9 Å². The molecular formula is C13H19N5O3. The lowest BCUT2D eigenvalue weighted by Crippen LogP contribution is -2.44. The lowest BCUT2D eigenvalue weighted by atomic mass is 9.99. The van der Waals surface area contributed by atoms with Crippen LogP contribution in [0.4, 0.5) is 0 Å². The number of nitrogens with two attached hydrogens (primary N) is 1. The first-order valence-corrected chi connectivity index (χ1v) is 6.88. The summed E-state index contributed by atoms with van der Waals surface area (Å²) in [6.07, 6.45) is 2.69. The number of nitrogens with one attached hydrogen (secondary N) is 2. The van der Waals surface area contributed by atoms with Gasteiger partial charge in [0.05, 0.1) is 18.3 Å². The first kappa shape index (κ1) is 15.0. The number of hydrogen-bond acceptors (Lipinski definition) is 4. The zero-order chi connectivity index (χ0) is 15.4. The predicted molar refractivity (Wildman–Crippen MR) is 74.1 cm³/mol. The molecule has 2 heterocycles. The van der Waals surface area contributed by atoms with Gasteiger partial charge in [-0.05, 0) is 25.3 Å². The van der Waals surface area contributed by atoms with E-state index in [4.69, 9.17) is 5.73 Å². The molecule has 0 bridgehead atoms. The van der Waals surface area contributed by atoms with E-state index in [2.05, 4.69) is 15.5 Å². The minimum absolute atomic E-state index is 0.0252. The Morgan fingerprint density at radius 1 is 1.48 bits per heavy atom. The Morgan fingerprint density at radius 2 is 2.24 bits per heavy atom. The maximum absolute atomic E-state index is 12.2. The molecule has 1 atom stereocenters. The highest BCUT2D eigenvalue weighted by Gasteiger charge is 2.29. The van der Waals surface area contributed by atoms with Crippen LogP contribution in [0.2, 0.25) is 0 Å². The molecule has 1 unspecified atom stereocenters. The van der Waals surface area contributed by atoms with Crippen LogP contribution in [0, 0.1) is 0 Å². The highest BCUT2D eigenvalue weighted by Crippen LogP contribution is 2.29. The number of primary amides is 1. The molecule has 0 radical (unpaired) electrons. The summed E-state index contributed by atoms with van der Waals surface area (Å²) in [5.74, 6) is -0.996. The molecule has 0 aliphatic carbocycles. The average Bonchev–Trinajstić information content (AvgIpc) is 2.94. The summed E-state index contributed by atoms with van der Waals surface area (Å²) in [4.78, 5) is 35.9. The topological polar surface area (TPSA) is 121 Å². The quantitative estimate of drug-likeness (QED) is 0.705. The summed E-state index contributed by atoms with van der Waals surface area (Å²) in [5, 5.41) is 9.13. The Kier molecular flexibility index (Phi) is 4.56. The molecule has 1 fully saturated rings. The normalized spacial score (nSPS) is 18.3. The molecule has 0 aromatic carbocycles. The van der Waals surface area contributed by atoms with Crippen LogP contribution in [-0.2, 0) is 9.59 Å². The van der Waals surface area contributed by atoms with E-state index in [1.54, 1.807) is 11.0 Å². The number of rotatable bonds is 4. The van der Waals surface area contributed by atoms with Gasteiger partial charge in [0.2, 0.25) is 11.8 Å². The third kappa shape index (κ3) is 3.59. The highest BCUT2D eigenvalue weighted by atomic mass is 16.2. The summed E-state index contributed by atoms with van der Waals surface area (Å²) in [5.41, 5.74) is 6.03. The number of carbonyl (C=O) groups excluding carboxylic acids is 3. The van der Waals surface area contributed by atoms with Gasteiger partial charge < -0.3 is 16.0 Å². The van der Waals surface area contributed by atoms with Gasteiger partial charge in [0.1, 0.15) is 5.69 Å². The molecule has 1 saturated heterocycles. The fraction of sp³-hybridized carbons (Fsp3) is 0.538. The third-order valence-electron chi connectivity index (χ3n) is 3.52. The van der Waals surface area contributed by atoms with E-state index in [-0.39, 0.29) is 30.1 Å². The standard InChI is InChI=1S/C13H19N5O3/c1-8(19)15-7-12(20)18-5-3-2-4-11(18)9-6-10(13(14)21)17-16-9/h6,11H,2-5,7H2,1H3,(H2,14,21)(H,15,19)(H,16,17). The number of amides is 3. The van der Waals surface area contributed by atoms with E-state index in [0.29, 0.717) is 12.2 Å². The second-order valence-electron chi connectivity index (χ2n) is 5.08. The maximum atomic E-state index is 12.2. The van der Waals surface area contributed by atoms with Gasteiger partial charge in [-0.2, -0.15) is 5.10 Å². The van der Waals surface area contributed by atoms with Crippen molar-refractivity contribution < 1.29 is 14.4 Å². The van der Waals surface area contributed by atoms with Gasteiger partial charge >= 0.3 is 0 Å². The Morgan fingerprint density at radius 3 is 2.86 bits per heavy atom. The van der Waals surface area contributed by atoms with Gasteiger partial charge in [0.15, 0.2) is 0 Å². The minimum Gasteiger partial charge on any atom is -0.364 e. The van der Waals surface area contributed by atoms with Crippen molar-refractivity contribution in [2.75, 3.05) is 13.1 Å². The fourth-order valence-corrected chi connectivity index (χ4v) is 2.49. The van der Waals surface area contributed by atoms with Gasteiger partial charge in [0, 0.05) is 13.5 Å². The summed E-state index contributed by atoms with van der Waals surface area (Å²) < 4.78 is 0. The number of H-pyrrole nitrogens is 1. The van der Waals surface area contributed by atoms with Crippen LogP contribution in [0.1, 0.15) is 48.4 Å². The predicted octanol–water partition coefficient (Wildman–Crippen LogP) is -0.302. The van der Waals surface area contributed by atoms with Crippen LogP contribution in [0.25, 0.3) is 0 Å². The third-order valence-corrected chi connectivity index (χ3v) is 3.52. The molecule has 1 aromatic heterocycles. The van der Waals surface area contributed by atoms with Gasteiger partial charge in [-0.1, -0.05) is 0 Å². The van der Waals surface area contributed by atoms with Crippen LogP contribution < -0.4 is 11.1 Å². The van der Waals surface area contributed by atoms with Gasteiger partial charge in [0.25, 0.3) is 5.91 Å². The number of aromatic amines is 1. The second kappa shape index (κ2) is 6.38. The zero-order valence-corrected chi connectivity index (χ0v) is 11.9. The van der Waals surface area contributed by atoms with Crippen molar-refractivity contribution in [3.8, 4) is 0 Å². The monoisotopic (exact) mass is 293 g/mol. The molecule has 4 N–H and O–H groups in total. The number of likely N-dealkylation sites (tertiary alicyclic amines) is 1. The molecule has 1 aromatic rings. The summed E-state index contributed by atoms with van der Waals surface area (Å²) in [6.45, 7) is 1.96. The molecule has 21 heavy (non-hydrogen) atoms. The number of nitrogens with zero attached hydrogens (tertiary/aromatic N) is 2. The molecule has 8 heteroatoms. The Balaban J connectivity index is 2.12. The molecule has 114 valence electrons. The van der Waals surface area contributed by atoms with E-state index >= 15 is 0 Å². The lowest BCUT2D eigenvalue weighted by Gasteiger charge is -2.35. The second-order valence-corrected chi connectivity index (χ2v) is 5.08. The van der Waals surface area contributed by atoms with Crippen molar-refractivity contribution in [3.63, 3.8) is 0 Å². The lowest BCUT2D eigenvalue weighted by molar-refractivity contribution is -0.136. The zero-order valence-electron chi connectivity index (χ0n) is 11.9. The van der Waals surface area contributed by atoms with Crippen molar-refractivity contribution >= 4 is 17.7 Å². The molecule has 0 saturated carbocycles. The largest absolute Gasteiger partial charge is 0.364 e. The Labute approximate surface area is 122 Å². The molecule has 0 spiro atoms. The number of hydrogen-bond donors (Lipinski definition) is 3. The number of piperidine rings is 1. The van der Waals surface area contributed by atoms with Crippen molar-refractivity contribution in [1.29, 1.82) is 0 Å². The van der Waals surface area contributed by atoms with E-state index in [1.165, 1.54) is 6.92 Å². The number of carbonyl (C=O) groups is 3. The molecule has 2 rings (SSSR count). The van der Waals surface area contributed by atoms with Crippen molar-refractivity contribution in [1.82, 2.24) is 20.4 Å². The van der Waals surface area contributed by atoms with E-state index in [9.17, 15) is 14.4 Å². The van der Waals surface area contributed by atoms with Crippen LogP contribution in [0.3, 0.4) is 0 Å². The van der Waals surface area contributed by atoms with Crippen LogP contribution in [0.15, 0.2) is 6.07 Å². The van der Waals surface area contributed by atoms with Crippen molar-refractivity contribution in [2.24, 2.45) is 5.73 Å². The summed E-state index contributed by atoms with van der Waals surface area (Å²) in [7, 11) is 0. The van der Waals surface area contributed by atoms with Crippen LogP contribution >= 0.6 is 0 Å². The molecule has 8 nitrogen and oxygen atoms in total. The highest BCUT2D eigenvalue weighted by molar-refractivity contribution is 5.90. The van der Waals surface area contributed by atoms with Gasteiger partial charge in [-0.25, -0.2) is 0 Å². The Hall–Kier alpha value is -2.38. The first-order chi connectivity index (χ1) is 9.99. The molecular weight excluding hydrogens is 274 g/mol. The fourth-order valence-electron chi connectivity index (χ4n) is 2.49. The first-order valence-electron chi connectivity index (χ1n) is 6.88. The molecule has 3 amide bonds. The summed E-state index contributed by atoms with van der Waals surface area (Å²) >= 11 is 0. The van der Waals surface area contributed by atoms with E-state index < -0.39 is 5.91 Å². The molecule has 1 aliphatic heterocycles. The maximum Gasteiger partial charge on any atom is 0.269 e.